The number of fused-ring (bicyclic) bond motifs is 1. The van der Waals surface area contributed by atoms with Gasteiger partial charge in [-0.3, -0.25) is 9.59 Å². The Kier molecular flexibility index (Phi) is 3.47. The Morgan fingerprint density at radius 1 is 1.20 bits per heavy atom. The minimum atomic E-state index is -0.437. The lowest BCUT2D eigenvalue weighted by molar-refractivity contribution is -0.114. The second-order valence-electron chi connectivity index (χ2n) is 5.60. The maximum Gasteiger partial charge on any atom is 0.299 e. The number of hydrogen-bond donors (Lipinski definition) is 0. The molecule has 0 radical (unpaired) electrons. The summed E-state index contributed by atoms with van der Waals surface area (Å²) in [6.45, 7) is 0.657. The zero-order valence-electron chi connectivity index (χ0n) is 11.7. The molecule has 0 saturated heterocycles. The number of ketones is 1. The molecule has 0 spiro atoms. The van der Waals surface area contributed by atoms with E-state index in [4.69, 9.17) is 4.74 Å². The standard InChI is InChI=1S/C16H19NO3/c1-20-13-9-5-8-12-14(13)15(18)16(19)17(12)10-11-6-3-2-4-7-11/h5,8-9,11H,2-4,6-7,10H2,1H3. The minimum absolute atomic E-state index is 0.407. The third-order valence-electron chi connectivity index (χ3n) is 4.35. The van der Waals surface area contributed by atoms with Crippen LogP contribution in [0.15, 0.2) is 18.2 Å². The van der Waals surface area contributed by atoms with Crippen molar-refractivity contribution in [2.45, 2.75) is 32.1 Å². The summed E-state index contributed by atoms with van der Waals surface area (Å²) in [5.74, 6) is 0.160. The molecule has 0 unspecified atom stereocenters. The zero-order chi connectivity index (χ0) is 14.1. The molecular formula is C16H19NO3. The van der Waals surface area contributed by atoms with Crippen LogP contribution in [0.4, 0.5) is 5.69 Å². The van der Waals surface area contributed by atoms with Crippen molar-refractivity contribution >= 4 is 17.4 Å². The second kappa shape index (κ2) is 5.27. The quantitative estimate of drug-likeness (QED) is 0.796. The van der Waals surface area contributed by atoms with E-state index in [9.17, 15) is 9.59 Å². The fourth-order valence-electron chi connectivity index (χ4n) is 3.29. The van der Waals surface area contributed by atoms with E-state index in [1.807, 2.05) is 12.1 Å². The van der Waals surface area contributed by atoms with Crippen LogP contribution in [0, 0.1) is 5.92 Å². The zero-order valence-corrected chi connectivity index (χ0v) is 11.7. The van der Waals surface area contributed by atoms with Crippen molar-refractivity contribution in [2.75, 3.05) is 18.6 Å². The number of rotatable bonds is 3. The van der Waals surface area contributed by atoms with Gasteiger partial charge in [-0.05, 0) is 30.9 Å². The molecule has 20 heavy (non-hydrogen) atoms. The first kappa shape index (κ1) is 13.2. The SMILES string of the molecule is COc1cccc2c1C(=O)C(=O)N2CC1CCCCC1. The molecule has 0 N–H and O–H groups in total. The summed E-state index contributed by atoms with van der Waals surface area (Å²) in [7, 11) is 1.52. The Balaban J connectivity index is 1.90. The monoisotopic (exact) mass is 273 g/mol. The van der Waals surface area contributed by atoms with Gasteiger partial charge in [0.1, 0.15) is 5.75 Å². The molecule has 1 heterocycles. The summed E-state index contributed by atoms with van der Waals surface area (Å²) in [6.07, 6.45) is 6.04. The first-order valence-corrected chi connectivity index (χ1v) is 7.25. The Morgan fingerprint density at radius 3 is 2.65 bits per heavy atom. The van der Waals surface area contributed by atoms with Crippen molar-refractivity contribution in [1.29, 1.82) is 0 Å². The van der Waals surface area contributed by atoms with E-state index < -0.39 is 11.7 Å². The van der Waals surface area contributed by atoms with Gasteiger partial charge in [0.05, 0.1) is 18.4 Å². The van der Waals surface area contributed by atoms with Crippen LogP contribution >= 0.6 is 0 Å². The van der Waals surface area contributed by atoms with Gasteiger partial charge in [0.25, 0.3) is 11.7 Å². The molecule has 1 amide bonds. The van der Waals surface area contributed by atoms with E-state index in [0.717, 1.165) is 12.8 Å². The van der Waals surface area contributed by atoms with E-state index >= 15 is 0 Å². The molecule has 1 aromatic carbocycles. The molecule has 1 saturated carbocycles. The highest BCUT2D eigenvalue weighted by Crippen LogP contribution is 2.37. The lowest BCUT2D eigenvalue weighted by atomic mass is 9.89. The molecule has 4 nitrogen and oxygen atoms in total. The molecule has 4 heteroatoms. The predicted octanol–water partition coefficient (Wildman–Crippen LogP) is 2.80. The van der Waals surface area contributed by atoms with Crippen molar-refractivity contribution in [1.82, 2.24) is 0 Å². The van der Waals surface area contributed by atoms with Gasteiger partial charge >= 0.3 is 0 Å². The number of nitrogens with zero attached hydrogens (tertiary/aromatic N) is 1. The average Bonchev–Trinajstić information content (AvgIpc) is 2.73. The molecule has 0 bridgehead atoms. The van der Waals surface area contributed by atoms with E-state index in [1.54, 1.807) is 11.0 Å². The number of anilines is 1. The highest BCUT2D eigenvalue weighted by molar-refractivity contribution is 6.52. The third-order valence-corrected chi connectivity index (χ3v) is 4.35. The Morgan fingerprint density at radius 2 is 1.95 bits per heavy atom. The van der Waals surface area contributed by atoms with Crippen LogP contribution in [0.2, 0.25) is 0 Å². The summed E-state index contributed by atoms with van der Waals surface area (Å²) >= 11 is 0. The Labute approximate surface area is 118 Å². The number of methoxy groups -OCH3 is 1. The van der Waals surface area contributed by atoms with Crippen LogP contribution in [0.25, 0.3) is 0 Å². The van der Waals surface area contributed by atoms with Crippen molar-refractivity contribution in [3.63, 3.8) is 0 Å². The Hall–Kier alpha value is -1.84. The van der Waals surface area contributed by atoms with Crippen LogP contribution in [-0.4, -0.2) is 25.3 Å². The molecule has 2 aliphatic rings. The number of amides is 1. The molecule has 0 atom stereocenters. The molecule has 3 rings (SSSR count). The predicted molar refractivity (Wildman–Crippen MR) is 76.3 cm³/mol. The third kappa shape index (κ3) is 2.09. The molecule has 0 aromatic heterocycles. The van der Waals surface area contributed by atoms with Crippen LogP contribution in [0.1, 0.15) is 42.5 Å². The van der Waals surface area contributed by atoms with Gasteiger partial charge < -0.3 is 9.64 Å². The largest absolute Gasteiger partial charge is 0.496 e. The van der Waals surface area contributed by atoms with Crippen molar-refractivity contribution in [3.8, 4) is 5.75 Å². The summed E-state index contributed by atoms with van der Waals surface area (Å²) in [4.78, 5) is 26.0. The van der Waals surface area contributed by atoms with E-state index in [1.165, 1.54) is 26.4 Å². The fraction of sp³-hybridized carbons (Fsp3) is 0.500. The topological polar surface area (TPSA) is 46.6 Å². The lowest BCUT2D eigenvalue weighted by Gasteiger charge is -2.26. The van der Waals surface area contributed by atoms with Crippen molar-refractivity contribution in [2.24, 2.45) is 5.92 Å². The van der Waals surface area contributed by atoms with Gasteiger partial charge in [-0.1, -0.05) is 25.3 Å². The van der Waals surface area contributed by atoms with Gasteiger partial charge in [0.2, 0.25) is 0 Å². The molecule has 1 aromatic rings. The summed E-state index contributed by atoms with van der Waals surface area (Å²) in [6, 6.07) is 5.40. The van der Waals surface area contributed by atoms with Crippen LogP contribution < -0.4 is 9.64 Å². The van der Waals surface area contributed by atoms with E-state index in [0.29, 0.717) is 29.5 Å². The number of carbonyl (C=O) groups is 2. The summed E-state index contributed by atoms with van der Waals surface area (Å²) in [5, 5.41) is 0. The van der Waals surface area contributed by atoms with Gasteiger partial charge in [0.15, 0.2) is 0 Å². The average molecular weight is 273 g/mol. The number of benzene rings is 1. The Bertz CT molecular complexity index is 547. The first-order chi connectivity index (χ1) is 9.72. The first-order valence-electron chi connectivity index (χ1n) is 7.25. The van der Waals surface area contributed by atoms with E-state index in [-0.39, 0.29) is 0 Å². The lowest BCUT2D eigenvalue weighted by Crippen LogP contribution is -2.35. The smallest absolute Gasteiger partial charge is 0.299 e. The van der Waals surface area contributed by atoms with Crippen LogP contribution in [-0.2, 0) is 4.79 Å². The second-order valence-corrected chi connectivity index (χ2v) is 5.60. The normalized spacial score (nSPS) is 19.4. The van der Waals surface area contributed by atoms with Crippen LogP contribution in [0.3, 0.4) is 0 Å². The number of Topliss-reactive ketones (excluding diaryl/α,β-unsaturated/α-hetero) is 1. The van der Waals surface area contributed by atoms with Gasteiger partial charge in [0, 0.05) is 6.54 Å². The van der Waals surface area contributed by atoms with Gasteiger partial charge in [-0.25, -0.2) is 0 Å². The summed E-state index contributed by atoms with van der Waals surface area (Å²) < 4.78 is 5.21. The fourth-order valence-corrected chi connectivity index (χ4v) is 3.29. The number of ether oxygens (including phenoxy) is 1. The molecule has 1 fully saturated rings. The van der Waals surface area contributed by atoms with Crippen molar-refractivity contribution < 1.29 is 14.3 Å². The van der Waals surface area contributed by atoms with Crippen molar-refractivity contribution in [3.05, 3.63) is 23.8 Å². The molecular weight excluding hydrogens is 254 g/mol. The van der Waals surface area contributed by atoms with Gasteiger partial charge in [-0.15, -0.1) is 0 Å². The van der Waals surface area contributed by atoms with Gasteiger partial charge in [-0.2, -0.15) is 0 Å². The highest BCUT2D eigenvalue weighted by Gasteiger charge is 2.39. The number of hydrogen-bond acceptors (Lipinski definition) is 3. The number of carbonyl (C=O) groups excluding carboxylic acids is 2. The molecule has 1 aliphatic heterocycles. The minimum Gasteiger partial charge on any atom is -0.496 e. The summed E-state index contributed by atoms with van der Waals surface area (Å²) in [5.41, 5.74) is 1.14. The van der Waals surface area contributed by atoms with Crippen LogP contribution in [0.5, 0.6) is 5.75 Å². The highest BCUT2D eigenvalue weighted by atomic mass is 16.5. The van der Waals surface area contributed by atoms with E-state index in [2.05, 4.69) is 0 Å². The molecule has 106 valence electrons. The maximum absolute atomic E-state index is 12.2. The molecule has 1 aliphatic carbocycles. The maximum atomic E-state index is 12.2.